The van der Waals surface area contributed by atoms with Crippen LogP contribution in [-0.2, 0) is 0 Å². The van der Waals surface area contributed by atoms with Crippen LogP contribution in [0.25, 0.3) is 0 Å². The van der Waals surface area contributed by atoms with Gasteiger partial charge in [-0.15, -0.1) is 0 Å². The number of amides is 1. The van der Waals surface area contributed by atoms with Crippen molar-refractivity contribution in [3.05, 3.63) is 47.7 Å². The SMILES string of the molecule is N#Cc1ccc(Sc2ccc(C(=O)N[C@H]3CN4CCC3CC4)cc2)[nH]1. The molecule has 2 N–H and O–H groups in total. The number of hydrogen-bond donors (Lipinski definition) is 2. The Morgan fingerprint density at radius 2 is 1.96 bits per heavy atom. The molecule has 1 amide bonds. The number of piperidine rings is 3. The zero-order chi connectivity index (χ0) is 17.2. The lowest BCUT2D eigenvalue weighted by atomic mass is 9.84. The second kappa shape index (κ2) is 6.95. The molecule has 0 aliphatic carbocycles. The summed E-state index contributed by atoms with van der Waals surface area (Å²) in [6.07, 6.45) is 2.39. The molecule has 4 heterocycles. The minimum Gasteiger partial charge on any atom is -0.348 e. The van der Waals surface area contributed by atoms with Gasteiger partial charge in [0.2, 0.25) is 0 Å². The summed E-state index contributed by atoms with van der Waals surface area (Å²) in [5.74, 6) is 0.646. The Labute approximate surface area is 151 Å². The van der Waals surface area contributed by atoms with Crippen LogP contribution >= 0.6 is 11.8 Å². The smallest absolute Gasteiger partial charge is 0.251 e. The fourth-order valence-electron chi connectivity index (χ4n) is 3.68. The Hall–Kier alpha value is -2.23. The minimum atomic E-state index is 0.0157. The maximum absolute atomic E-state index is 12.5. The van der Waals surface area contributed by atoms with E-state index in [1.807, 2.05) is 30.3 Å². The molecule has 2 bridgehead atoms. The molecule has 2 aromatic rings. The summed E-state index contributed by atoms with van der Waals surface area (Å²) in [6, 6.07) is 13.6. The number of carbonyl (C=O) groups is 1. The van der Waals surface area contributed by atoms with Crippen LogP contribution < -0.4 is 5.32 Å². The third kappa shape index (κ3) is 3.58. The molecule has 25 heavy (non-hydrogen) atoms. The lowest BCUT2D eigenvalue weighted by molar-refractivity contribution is 0.0620. The van der Waals surface area contributed by atoms with Gasteiger partial charge < -0.3 is 15.2 Å². The van der Waals surface area contributed by atoms with Gasteiger partial charge in [0.05, 0.1) is 5.03 Å². The highest BCUT2D eigenvalue weighted by Gasteiger charge is 2.34. The van der Waals surface area contributed by atoms with Gasteiger partial charge in [-0.1, -0.05) is 11.8 Å². The fourth-order valence-corrected chi connectivity index (χ4v) is 4.50. The van der Waals surface area contributed by atoms with Gasteiger partial charge in [0.1, 0.15) is 11.8 Å². The fraction of sp³-hybridized carbons (Fsp3) is 0.368. The Morgan fingerprint density at radius 1 is 1.20 bits per heavy atom. The van der Waals surface area contributed by atoms with Gasteiger partial charge in [0.25, 0.3) is 5.91 Å². The highest BCUT2D eigenvalue weighted by Crippen LogP contribution is 2.29. The number of hydrogen-bond acceptors (Lipinski definition) is 4. The van der Waals surface area contributed by atoms with Gasteiger partial charge in [-0.05, 0) is 68.2 Å². The van der Waals surface area contributed by atoms with Crippen molar-refractivity contribution in [3.63, 3.8) is 0 Å². The van der Waals surface area contributed by atoms with E-state index in [1.165, 1.54) is 25.9 Å². The zero-order valence-corrected chi connectivity index (χ0v) is 14.7. The standard InChI is InChI=1S/C19H20N4OS/c20-11-15-3-6-18(21-15)25-16-4-1-14(2-5-16)19(24)22-17-12-23-9-7-13(17)8-10-23/h1-6,13,17,21H,7-10,12H2,(H,22,24)/t17-/m0/s1. The molecule has 3 saturated heterocycles. The van der Waals surface area contributed by atoms with E-state index in [1.54, 1.807) is 17.8 Å². The second-order valence-corrected chi connectivity index (χ2v) is 7.81. The molecule has 0 unspecified atom stereocenters. The number of nitrogens with zero attached hydrogens (tertiary/aromatic N) is 2. The van der Waals surface area contributed by atoms with Crippen molar-refractivity contribution < 1.29 is 4.79 Å². The first kappa shape index (κ1) is 16.2. The van der Waals surface area contributed by atoms with Crippen molar-refractivity contribution >= 4 is 17.7 Å². The lowest BCUT2D eigenvalue weighted by Crippen LogP contribution is -2.57. The van der Waals surface area contributed by atoms with E-state index >= 15 is 0 Å². The van der Waals surface area contributed by atoms with E-state index in [9.17, 15) is 4.79 Å². The van der Waals surface area contributed by atoms with Crippen LogP contribution in [0.3, 0.4) is 0 Å². The van der Waals surface area contributed by atoms with E-state index in [4.69, 9.17) is 5.26 Å². The van der Waals surface area contributed by atoms with Crippen LogP contribution in [0.2, 0.25) is 0 Å². The number of nitriles is 1. The van der Waals surface area contributed by atoms with Gasteiger partial charge in [-0.3, -0.25) is 4.79 Å². The molecule has 3 aliphatic heterocycles. The first-order valence-corrected chi connectivity index (χ1v) is 9.43. The van der Waals surface area contributed by atoms with Gasteiger partial charge in [-0.25, -0.2) is 0 Å². The monoisotopic (exact) mass is 352 g/mol. The largest absolute Gasteiger partial charge is 0.348 e. The van der Waals surface area contributed by atoms with Crippen molar-refractivity contribution in [3.8, 4) is 6.07 Å². The average molecular weight is 352 g/mol. The summed E-state index contributed by atoms with van der Waals surface area (Å²) in [5.41, 5.74) is 1.25. The molecule has 5 rings (SSSR count). The predicted octanol–water partition coefficient (Wildman–Crippen LogP) is 2.86. The zero-order valence-electron chi connectivity index (χ0n) is 13.9. The molecule has 6 heteroatoms. The van der Waals surface area contributed by atoms with Crippen LogP contribution in [-0.4, -0.2) is 41.5 Å². The van der Waals surface area contributed by atoms with Crippen molar-refractivity contribution in [2.45, 2.75) is 28.8 Å². The molecule has 1 aromatic carbocycles. The number of aromatic nitrogens is 1. The van der Waals surface area contributed by atoms with Gasteiger partial charge in [-0.2, -0.15) is 5.26 Å². The van der Waals surface area contributed by atoms with E-state index in [0.717, 1.165) is 16.5 Å². The normalized spacial score (nSPS) is 24.7. The summed E-state index contributed by atoms with van der Waals surface area (Å²) < 4.78 is 0. The Balaban J connectivity index is 1.38. The maximum atomic E-state index is 12.5. The minimum absolute atomic E-state index is 0.0157. The molecule has 1 atom stereocenters. The van der Waals surface area contributed by atoms with Crippen LogP contribution in [0.15, 0.2) is 46.3 Å². The Bertz CT molecular complexity index is 800. The topological polar surface area (TPSA) is 71.9 Å². The molecule has 3 fully saturated rings. The molecule has 5 nitrogen and oxygen atoms in total. The summed E-state index contributed by atoms with van der Waals surface area (Å²) in [6.45, 7) is 3.34. The van der Waals surface area contributed by atoms with Gasteiger partial charge in [0.15, 0.2) is 0 Å². The number of benzene rings is 1. The quantitative estimate of drug-likeness (QED) is 0.887. The molecule has 0 saturated carbocycles. The molecule has 1 aromatic heterocycles. The number of aromatic amines is 1. The van der Waals surface area contributed by atoms with E-state index in [-0.39, 0.29) is 11.9 Å². The van der Waals surface area contributed by atoms with Crippen LogP contribution in [0.4, 0.5) is 0 Å². The first-order chi connectivity index (χ1) is 12.2. The third-order valence-corrected chi connectivity index (χ3v) is 6.06. The van der Waals surface area contributed by atoms with Crippen molar-refractivity contribution in [2.24, 2.45) is 5.92 Å². The van der Waals surface area contributed by atoms with Crippen LogP contribution in [0.5, 0.6) is 0 Å². The number of rotatable bonds is 4. The van der Waals surface area contributed by atoms with Crippen molar-refractivity contribution in [2.75, 3.05) is 19.6 Å². The highest BCUT2D eigenvalue weighted by atomic mass is 32.2. The highest BCUT2D eigenvalue weighted by molar-refractivity contribution is 7.99. The number of carbonyl (C=O) groups excluding carboxylic acids is 1. The average Bonchev–Trinajstić information content (AvgIpc) is 3.11. The first-order valence-electron chi connectivity index (χ1n) is 8.61. The molecular weight excluding hydrogens is 332 g/mol. The molecule has 0 spiro atoms. The number of fused-ring (bicyclic) bond motifs is 3. The third-order valence-electron chi connectivity index (χ3n) is 5.10. The summed E-state index contributed by atoms with van der Waals surface area (Å²) in [4.78, 5) is 19.0. The van der Waals surface area contributed by atoms with Crippen molar-refractivity contribution in [1.82, 2.24) is 15.2 Å². The van der Waals surface area contributed by atoms with Gasteiger partial charge in [0, 0.05) is 23.0 Å². The van der Waals surface area contributed by atoms with E-state index in [0.29, 0.717) is 17.2 Å². The summed E-state index contributed by atoms with van der Waals surface area (Å²) in [5, 5.41) is 13.0. The molecular formula is C19H20N4OS. The van der Waals surface area contributed by atoms with Crippen LogP contribution in [0, 0.1) is 17.2 Å². The van der Waals surface area contributed by atoms with E-state index < -0.39 is 0 Å². The van der Waals surface area contributed by atoms with Gasteiger partial charge >= 0.3 is 0 Å². The summed E-state index contributed by atoms with van der Waals surface area (Å²) >= 11 is 1.54. The Kier molecular flexibility index (Phi) is 4.51. The summed E-state index contributed by atoms with van der Waals surface area (Å²) in [7, 11) is 0. The molecule has 0 radical (unpaired) electrons. The molecule has 3 aliphatic rings. The maximum Gasteiger partial charge on any atom is 0.251 e. The van der Waals surface area contributed by atoms with Crippen molar-refractivity contribution in [1.29, 1.82) is 5.26 Å². The van der Waals surface area contributed by atoms with Crippen LogP contribution in [0.1, 0.15) is 28.9 Å². The lowest BCUT2D eigenvalue weighted by Gasteiger charge is -2.44. The number of nitrogens with one attached hydrogen (secondary N) is 2. The Morgan fingerprint density at radius 3 is 2.56 bits per heavy atom. The number of H-pyrrole nitrogens is 1. The molecule has 128 valence electrons. The van der Waals surface area contributed by atoms with E-state index in [2.05, 4.69) is 21.3 Å². The predicted molar refractivity (Wildman–Crippen MR) is 96.5 cm³/mol. The second-order valence-electron chi connectivity index (χ2n) is 6.69.